The summed E-state index contributed by atoms with van der Waals surface area (Å²) in [4.78, 5) is 18.2. The monoisotopic (exact) mass is 410 g/mol. The van der Waals surface area contributed by atoms with Gasteiger partial charge in [0.25, 0.3) is 0 Å². The lowest BCUT2D eigenvalue weighted by Gasteiger charge is -2.23. The third-order valence-electron chi connectivity index (χ3n) is 4.74. The Morgan fingerprint density at radius 3 is 2.62 bits per heavy atom. The molecule has 2 aromatic carbocycles. The van der Waals surface area contributed by atoms with Crippen molar-refractivity contribution in [2.24, 2.45) is 0 Å². The van der Waals surface area contributed by atoms with Crippen molar-refractivity contribution >= 4 is 23.4 Å². The summed E-state index contributed by atoms with van der Waals surface area (Å²) >= 11 is 1.31. The standard InChI is InChI=1S/C21H23N5O2S/c27-19(15-29-21-23-20(24-25-21)17-4-2-1-3-5-17)22-18-8-6-16(7-9-18)14-26-10-12-28-13-11-26/h1-9H,10-15H2,(H,22,27)(H,23,24,25)/p+1. The number of carbonyl (C=O) groups excluding carboxylic acids is 1. The molecular formula is C21H24N5O2S+. The van der Waals surface area contributed by atoms with Gasteiger partial charge in [0.1, 0.15) is 19.6 Å². The number of anilines is 1. The van der Waals surface area contributed by atoms with Crippen molar-refractivity contribution in [1.29, 1.82) is 0 Å². The molecular weight excluding hydrogens is 386 g/mol. The van der Waals surface area contributed by atoms with E-state index in [0.717, 1.165) is 44.1 Å². The lowest BCUT2D eigenvalue weighted by atomic mass is 10.2. The summed E-state index contributed by atoms with van der Waals surface area (Å²) in [5.41, 5.74) is 3.04. The number of aromatic amines is 1. The van der Waals surface area contributed by atoms with Crippen LogP contribution in [-0.4, -0.2) is 53.1 Å². The van der Waals surface area contributed by atoms with Gasteiger partial charge in [0, 0.05) is 16.8 Å². The van der Waals surface area contributed by atoms with Gasteiger partial charge in [-0.1, -0.05) is 54.2 Å². The number of aromatic nitrogens is 3. The number of thioether (sulfide) groups is 1. The highest BCUT2D eigenvalue weighted by molar-refractivity contribution is 7.99. The van der Waals surface area contributed by atoms with Crippen molar-refractivity contribution in [3.8, 4) is 11.4 Å². The Morgan fingerprint density at radius 1 is 1.10 bits per heavy atom. The molecule has 1 amide bonds. The number of rotatable bonds is 7. The third kappa shape index (κ3) is 5.66. The number of ether oxygens (including phenoxy) is 1. The molecule has 0 saturated carbocycles. The van der Waals surface area contributed by atoms with Crippen LogP contribution < -0.4 is 10.2 Å². The van der Waals surface area contributed by atoms with E-state index in [9.17, 15) is 4.79 Å². The minimum absolute atomic E-state index is 0.0763. The molecule has 1 fully saturated rings. The second kappa shape index (κ2) is 9.69. The first-order valence-corrected chi connectivity index (χ1v) is 10.7. The highest BCUT2D eigenvalue weighted by Crippen LogP contribution is 2.19. The van der Waals surface area contributed by atoms with Crippen LogP contribution in [0.4, 0.5) is 5.69 Å². The molecule has 3 N–H and O–H groups in total. The molecule has 0 atom stereocenters. The van der Waals surface area contributed by atoms with Crippen molar-refractivity contribution in [2.75, 3.05) is 37.4 Å². The summed E-state index contributed by atoms with van der Waals surface area (Å²) in [7, 11) is 0. The molecule has 3 aromatic rings. The van der Waals surface area contributed by atoms with Crippen LogP contribution in [0, 0.1) is 0 Å². The van der Waals surface area contributed by atoms with Gasteiger partial charge in [-0.05, 0) is 12.1 Å². The Balaban J connectivity index is 1.25. The number of morpholine rings is 1. The summed E-state index contributed by atoms with van der Waals surface area (Å²) in [6.45, 7) is 4.74. The van der Waals surface area contributed by atoms with Gasteiger partial charge in [0.05, 0.1) is 19.0 Å². The average molecular weight is 411 g/mol. The number of H-pyrrole nitrogens is 1. The van der Waals surface area contributed by atoms with Gasteiger partial charge in [-0.15, -0.1) is 5.10 Å². The Hall–Kier alpha value is -2.68. The number of nitrogens with one attached hydrogen (secondary N) is 3. The molecule has 1 aliphatic heterocycles. The second-order valence-electron chi connectivity index (χ2n) is 6.91. The van der Waals surface area contributed by atoms with Gasteiger partial charge < -0.3 is 15.0 Å². The fourth-order valence-corrected chi connectivity index (χ4v) is 3.79. The molecule has 0 bridgehead atoms. The molecule has 1 aliphatic rings. The van der Waals surface area contributed by atoms with E-state index in [1.165, 1.54) is 22.2 Å². The van der Waals surface area contributed by atoms with Crippen molar-refractivity contribution in [3.63, 3.8) is 0 Å². The molecule has 8 heteroatoms. The van der Waals surface area contributed by atoms with Gasteiger partial charge in [-0.3, -0.25) is 9.89 Å². The van der Waals surface area contributed by atoms with Crippen molar-refractivity contribution in [2.45, 2.75) is 11.7 Å². The van der Waals surface area contributed by atoms with E-state index in [0.29, 0.717) is 11.0 Å². The summed E-state index contributed by atoms with van der Waals surface area (Å²) in [5, 5.41) is 10.6. The maximum absolute atomic E-state index is 12.2. The molecule has 0 unspecified atom stereocenters. The lowest BCUT2D eigenvalue weighted by molar-refractivity contribution is -0.921. The van der Waals surface area contributed by atoms with Crippen LogP contribution in [0.1, 0.15) is 5.56 Å². The van der Waals surface area contributed by atoms with E-state index in [1.54, 1.807) is 0 Å². The van der Waals surface area contributed by atoms with E-state index in [4.69, 9.17) is 4.74 Å². The summed E-state index contributed by atoms with van der Waals surface area (Å²) in [6, 6.07) is 17.8. The zero-order valence-corrected chi connectivity index (χ0v) is 16.9. The summed E-state index contributed by atoms with van der Waals surface area (Å²) in [5.74, 6) is 0.880. The number of nitrogens with zero attached hydrogens (tertiary/aromatic N) is 2. The number of carbonyl (C=O) groups is 1. The number of hydrogen-bond acceptors (Lipinski definition) is 5. The van der Waals surface area contributed by atoms with E-state index >= 15 is 0 Å². The topological polar surface area (TPSA) is 84.3 Å². The van der Waals surface area contributed by atoms with Gasteiger partial charge in [0.2, 0.25) is 11.1 Å². The first-order chi connectivity index (χ1) is 14.3. The first kappa shape index (κ1) is 19.6. The smallest absolute Gasteiger partial charge is 0.234 e. The van der Waals surface area contributed by atoms with Crippen LogP contribution in [0.15, 0.2) is 59.8 Å². The normalized spacial score (nSPS) is 14.6. The number of quaternary nitrogens is 1. The third-order valence-corrected chi connectivity index (χ3v) is 5.58. The molecule has 2 heterocycles. The van der Waals surface area contributed by atoms with E-state index in [-0.39, 0.29) is 11.7 Å². The molecule has 1 saturated heterocycles. The van der Waals surface area contributed by atoms with Crippen LogP contribution in [-0.2, 0) is 16.1 Å². The lowest BCUT2D eigenvalue weighted by Crippen LogP contribution is -3.12. The van der Waals surface area contributed by atoms with Crippen LogP contribution in [0.3, 0.4) is 0 Å². The zero-order valence-electron chi connectivity index (χ0n) is 16.1. The maximum Gasteiger partial charge on any atom is 0.234 e. The first-order valence-electron chi connectivity index (χ1n) is 9.67. The van der Waals surface area contributed by atoms with Crippen LogP contribution in [0.2, 0.25) is 0 Å². The Kier molecular flexibility index (Phi) is 6.56. The number of amides is 1. The van der Waals surface area contributed by atoms with E-state index in [2.05, 4.69) is 32.6 Å². The van der Waals surface area contributed by atoms with Crippen LogP contribution >= 0.6 is 11.8 Å². The minimum atomic E-state index is -0.0763. The fourth-order valence-electron chi connectivity index (χ4n) is 3.19. The molecule has 0 spiro atoms. The highest BCUT2D eigenvalue weighted by Gasteiger charge is 2.14. The Morgan fingerprint density at radius 2 is 1.86 bits per heavy atom. The van der Waals surface area contributed by atoms with Gasteiger partial charge >= 0.3 is 0 Å². The van der Waals surface area contributed by atoms with E-state index < -0.39 is 0 Å². The van der Waals surface area contributed by atoms with E-state index in [1.807, 2.05) is 42.5 Å². The van der Waals surface area contributed by atoms with Crippen molar-refractivity contribution in [1.82, 2.24) is 15.2 Å². The largest absolute Gasteiger partial charge is 0.370 e. The van der Waals surface area contributed by atoms with Crippen molar-refractivity contribution < 1.29 is 14.4 Å². The fraction of sp³-hybridized carbons (Fsp3) is 0.286. The predicted molar refractivity (Wildman–Crippen MR) is 113 cm³/mol. The number of benzene rings is 2. The van der Waals surface area contributed by atoms with Gasteiger partial charge in [-0.2, -0.15) is 0 Å². The van der Waals surface area contributed by atoms with Gasteiger partial charge in [-0.25, -0.2) is 4.98 Å². The molecule has 0 radical (unpaired) electrons. The second-order valence-corrected chi connectivity index (χ2v) is 7.85. The SMILES string of the molecule is O=C(CSc1n[nH]c(-c2ccccc2)n1)Nc1ccc(C[NH+]2CCOCC2)cc1. The number of hydrogen-bond donors (Lipinski definition) is 3. The zero-order chi connectivity index (χ0) is 19.9. The van der Waals surface area contributed by atoms with Crippen LogP contribution in [0.25, 0.3) is 11.4 Å². The molecule has 29 heavy (non-hydrogen) atoms. The Labute approximate surface area is 173 Å². The van der Waals surface area contributed by atoms with Crippen LogP contribution in [0.5, 0.6) is 0 Å². The Bertz CT molecular complexity index is 924. The molecule has 4 rings (SSSR count). The predicted octanol–water partition coefficient (Wildman–Crippen LogP) is 1.62. The minimum Gasteiger partial charge on any atom is -0.370 e. The van der Waals surface area contributed by atoms with Gasteiger partial charge in [0.15, 0.2) is 5.82 Å². The summed E-state index contributed by atoms with van der Waals surface area (Å²) < 4.78 is 5.40. The average Bonchev–Trinajstić information content (AvgIpc) is 3.24. The maximum atomic E-state index is 12.2. The van der Waals surface area contributed by atoms with Crippen molar-refractivity contribution in [3.05, 3.63) is 60.2 Å². The summed E-state index contributed by atoms with van der Waals surface area (Å²) in [6.07, 6.45) is 0. The highest BCUT2D eigenvalue weighted by atomic mass is 32.2. The molecule has 0 aliphatic carbocycles. The quantitative estimate of drug-likeness (QED) is 0.516. The molecule has 150 valence electrons. The molecule has 1 aromatic heterocycles. The molecule has 7 nitrogen and oxygen atoms in total.